The van der Waals surface area contributed by atoms with Crippen molar-refractivity contribution in [2.45, 2.75) is 32.2 Å². The first-order valence-electron chi connectivity index (χ1n) is 9.38. The van der Waals surface area contributed by atoms with Crippen LogP contribution in [0.3, 0.4) is 0 Å². The minimum Gasteiger partial charge on any atom is -0.484 e. The zero-order valence-electron chi connectivity index (χ0n) is 16.7. The normalized spacial score (nSPS) is 12.6. The van der Waals surface area contributed by atoms with E-state index >= 15 is 0 Å². The van der Waals surface area contributed by atoms with Gasteiger partial charge in [0, 0.05) is 19.5 Å². The van der Waals surface area contributed by atoms with Crippen LogP contribution in [-0.4, -0.2) is 43.0 Å². The predicted octanol–water partition coefficient (Wildman–Crippen LogP) is 3.90. The van der Waals surface area contributed by atoms with Crippen molar-refractivity contribution >= 4 is 29.9 Å². The molecule has 0 heterocycles. The van der Waals surface area contributed by atoms with Crippen LogP contribution in [0.15, 0.2) is 59.6 Å². The van der Waals surface area contributed by atoms with Gasteiger partial charge in [-0.1, -0.05) is 42.5 Å². The van der Waals surface area contributed by atoms with E-state index in [4.69, 9.17) is 4.74 Å². The number of nitrogens with one attached hydrogen (secondary N) is 2. The van der Waals surface area contributed by atoms with Crippen molar-refractivity contribution in [2.24, 2.45) is 4.99 Å². The van der Waals surface area contributed by atoms with Crippen LogP contribution in [-0.2, 0) is 13.0 Å². The SMILES string of the molecule is CCNC(=NCc1ccc(OCC(F)(F)F)cc1)NCC(O)Cc1ccccc1.I. The molecule has 30 heavy (non-hydrogen) atoms. The van der Waals surface area contributed by atoms with Crippen LogP contribution in [0, 0.1) is 0 Å². The van der Waals surface area contributed by atoms with E-state index < -0.39 is 18.9 Å². The molecule has 3 N–H and O–H groups in total. The number of aliphatic hydroxyl groups is 1. The summed E-state index contributed by atoms with van der Waals surface area (Å²) in [7, 11) is 0. The highest BCUT2D eigenvalue weighted by molar-refractivity contribution is 14.0. The third kappa shape index (κ3) is 10.7. The van der Waals surface area contributed by atoms with Gasteiger partial charge in [0.2, 0.25) is 0 Å². The molecule has 0 amide bonds. The highest BCUT2D eigenvalue weighted by Crippen LogP contribution is 2.19. The Kier molecular flexibility index (Phi) is 11.6. The summed E-state index contributed by atoms with van der Waals surface area (Å²) < 4.78 is 41.2. The molecular weight excluding hydrogens is 510 g/mol. The number of aliphatic hydroxyl groups excluding tert-OH is 1. The quantitative estimate of drug-likeness (QED) is 0.258. The Morgan fingerprint density at radius 3 is 2.30 bits per heavy atom. The molecule has 5 nitrogen and oxygen atoms in total. The average molecular weight is 537 g/mol. The minimum atomic E-state index is -4.36. The number of halogens is 4. The van der Waals surface area contributed by atoms with Crippen LogP contribution in [0.2, 0.25) is 0 Å². The monoisotopic (exact) mass is 537 g/mol. The molecule has 0 spiro atoms. The van der Waals surface area contributed by atoms with Crippen LogP contribution >= 0.6 is 24.0 Å². The van der Waals surface area contributed by atoms with Crippen LogP contribution in [0.4, 0.5) is 13.2 Å². The van der Waals surface area contributed by atoms with Crippen LogP contribution in [0.25, 0.3) is 0 Å². The molecule has 0 saturated heterocycles. The van der Waals surface area contributed by atoms with Gasteiger partial charge in [0.05, 0.1) is 12.6 Å². The number of nitrogens with zero attached hydrogens (tertiary/aromatic N) is 1. The topological polar surface area (TPSA) is 65.9 Å². The number of hydrogen-bond donors (Lipinski definition) is 3. The third-order valence-electron chi connectivity index (χ3n) is 3.91. The van der Waals surface area contributed by atoms with Gasteiger partial charge in [-0.05, 0) is 30.2 Å². The van der Waals surface area contributed by atoms with E-state index in [0.29, 0.717) is 32.0 Å². The van der Waals surface area contributed by atoms with Crippen molar-refractivity contribution in [1.29, 1.82) is 0 Å². The molecule has 0 aliphatic rings. The number of ether oxygens (including phenoxy) is 1. The highest BCUT2D eigenvalue weighted by Gasteiger charge is 2.28. The number of benzene rings is 2. The summed E-state index contributed by atoms with van der Waals surface area (Å²) in [6.45, 7) is 1.95. The summed E-state index contributed by atoms with van der Waals surface area (Å²) >= 11 is 0. The van der Waals surface area contributed by atoms with Crippen molar-refractivity contribution in [3.63, 3.8) is 0 Å². The van der Waals surface area contributed by atoms with Crippen molar-refractivity contribution in [2.75, 3.05) is 19.7 Å². The van der Waals surface area contributed by atoms with Gasteiger partial charge in [-0.15, -0.1) is 24.0 Å². The van der Waals surface area contributed by atoms with E-state index in [2.05, 4.69) is 15.6 Å². The van der Waals surface area contributed by atoms with E-state index in [1.54, 1.807) is 12.1 Å². The minimum absolute atomic E-state index is 0. The Morgan fingerprint density at radius 1 is 1.03 bits per heavy atom. The van der Waals surface area contributed by atoms with E-state index in [0.717, 1.165) is 11.1 Å². The van der Waals surface area contributed by atoms with E-state index in [9.17, 15) is 18.3 Å². The maximum atomic E-state index is 12.2. The maximum absolute atomic E-state index is 12.2. The second-order valence-electron chi connectivity index (χ2n) is 6.47. The second kappa shape index (κ2) is 13.3. The summed E-state index contributed by atoms with van der Waals surface area (Å²) in [5, 5.41) is 16.4. The summed E-state index contributed by atoms with van der Waals surface area (Å²) in [5.41, 5.74) is 1.88. The van der Waals surface area contributed by atoms with E-state index in [-0.39, 0.29) is 29.7 Å². The molecule has 9 heteroatoms. The van der Waals surface area contributed by atoms with Crippen molar-refractivity contribution in [1.82, 2.24) is 10.6 Å². The fourth-order valence-electron chi connectivity index (χ4n) is 2.54. The van der Waals surface area contributed by atoms with Gasteiger partial charge in [-0.25, -0.2) is 4.99 Å². The molecular formula is C21H27F3IN3O2. The zero-order chi connectivity index (χ0) is 21.1. The predicted molar refractivity (Wildman–Crippen MR) is 122 cm³/mol. The van der Waals surface area contributed by atoms with Crippen molar-refractivity contribution < 1.29 is 23.0 Å². The van der Waals surface area contributed by atoms with Crippen LogP contribution in [0.1, 0.15) is 18.1 Å². The molecule has 0 saturated carbocycles. The number of alkyl halides is 3. The molecule has 1 unspecified atom stereocenters. The molecule has 0 fully saturated rings. The van der Waals surface area contributed by atoms with Gasteiger partial charge in [0.1, 0.15) is 5.75 Å². The molecule has 2 rings (SSSR count). The largest absolute Gasteiger partial charge is 0.484 e. The third-order valence-corrected chi connectivity index (χ3v) is 3.91. The lowest BCUT2D eigenvalue weighted by atomic mass is 10.1. The smallest absolute Gasteiger partial charge is 0.422 e. The van der Waals surface area contributed by atoms with Gasteiger partial charge in [-0.2, -0.15) is 13.2 Å². The van der Waals surface area contributed by atoms with Crippen LogP contribution in [0.5, 0.6) is 5.75 Å². The standard InChI is InChI=1S/C21H26F3N3O2.HI/c1-2-25-20(27-14-18(28)12-16-6-4-3-5-7-16)26-13-17-8-10-19(11-9-17)29-15-21(22,23)24;/h3-11,18,28H,2,12-15H2,1H3,(H2,25,26,27);1H. The number of rotatable bonds is 9. The fourth-order valence-corrected chi connectivity index (χ4v) is 2.54. The first-order valence-corrected chi connectivity index (χ1v) is 9.38. The molecule has 2 aromatic rings. The second-order valence-corrected chi connectivity index (χ2v) is 6.47. The Morgan fingerprint density at radius 2 is 1.70 bits per heavy atom. The molecule has 0 aliphatic heterocycles. The van der Waals surface area contributed by atoms with Gasteiger partial charge in [-0.3, -0.25) is 0 Å². The van der Waals surface area contributed by atoms with Gasteiger partial charge in [0.15, 0.2) is 12.6 Å². The fraction of sp³-hybridized carbons (Fsp3) is 0.381. The molecule has 1 atom stereocenters. The lowest BCUT2D eigenvalue weighted by Crippen LogP contribution is -2.41. The van der Waals surface area contributed by atoms with Crippen molar-refractivity contribution in [3.05, 3.63) is 65.7 Å². The van der Waals surface area contributed by atoms with Crippen molar-refractivity contribution in [3.8, 4) is 5.75 Å². The summed E-state index contributed by atoms with van der Waals surface area (Å²) in [6, 6.07) is 16.0. The van der Waals surface area contributed by atoms with Crippen LogP contribution < -0.4 is 15.4 Å². The number of hydrogen-bond acceptors (Lipinski definition) is 3. The lowest BCUT2D eigenvalue weighted by molar-refractivity contribution is -0.153. The molecule has 0 bridgehead atoms. The molecule has 0 aliphatic carbocycles. The highest BCUT2D eigenvalue weighted by atomic mass is 127. The average Bonchev–Trinajstić information content (AvgIpc) is 2.69. The van der Waals surface area contributed by atoms with Gasteiger partial charge in [0.25, 0.3) is 0 Å². The van der Waals surface area contributed by atoms with Gasteiger partial charge >= 0.3 is 6.18 Å². The molecule has 0 radical (unpaired) electrons. The first-order chi connectivity index (χ1) is 13.9. The zero-order valence-corrected chi connectivity index (χ0v) is 19.0. The first kappa shape index (κ1) is 26.0. The molecule has 0 aromatic heterocycles. The lowest BCUT2D eigenvalue weighted by Gasteiger charge is -2.15. The number of aliphatic imine (C=N–C) groups is 1. The molecule has 166 valence electrons. The summed E-state index contributed by atoms with van der Waals surface area (Å²) in [4.78, 5) is 4.44. The van der Waals surface area contributed by atoms with E-state index in [1.807, 2.05) is 37.3 Å². The molecule has 2 aromatic carbocycles. The Balaban J connectivity index is 0.00000450. The Bertz CT molecular complexity index is 756. The number of guanidine groups is 1. The maximum Gasteiger partial charge on any atom is 0.422 e. The Hall–Kier alpha value is -2.01. The Labute approximate surface area is 191 Å². The summed E-state index contributed by atoms with van der Waals surface area (Å²) in [5.74, 6) is 0.709. The summed E-state index contributed by atoms with van der Waals surface area (Å²) in [6.07, 6.45) is -4.39. The van der Waals surface area contributed by atoms with E-state index in [1.165, 1.54) is 12.1 Å². The van der Waals surface area contributed by atoms with Gasteiger partial charge < -0.3 is 20.5 Å².